The lowest BCUT2D eigenvalue weighted by Crippen LogP contribution is -2.28. The molecule has 0 radical (unpaired) electrons. The van der Waals surface area contributed by atoms with Gasteiger partial charge in [0.1, 0.15) is 29.4 Å². The first-order valence-corrected chi connectivity index (χ1v) is 9.85. The number of aliphatic imine (C=N–C) groups is 1. The van der Waals surface area contributed by atoms with Crippen molar-refractivity contribution in [1.82, 2.24) is 9.88 Å². The van der Waals surface area contributed by atoms with E-state index in [1.54, 1.807) is 30.1 Å². The Morgan fingerprint density at radius 1 is 1.11 bits per heavy atom. The summed E-state index contributed by atoms with van der Waals surface area (Å²) in [6.07, 6.45) is 1.80. The van der Waals surface area contributed by atoms with E-state index in [-0.39, 0.29) is 17.9 Å². The topological polar surface area (TPSA) is 41.6 Å². The Balaban J connectivity index is 1.53. The van der Waals surface area contributed by atoms with Crippen molar-refractivity contribution in [3.63, 3.8) is 0 Å². The van der Waals surface area contributed by atoms with E-state index in [2.05, 4.69) is 16.8 Å². The molecule has 3 unspecified atom stereocenters. The van der Waals surface area contributed by atoms with Crippen molar-refractivity contribution < 1.29 is 8.81 Å². The van der Waals surface area contributed by atoms with E-state index in [4.69, 9.17) is 9.41 Å². The molecule has 0 spiro atoms. The summed E-state index contributed by atoms with van der Waals surface area (Å²) in [5, 5.41) is 1.56. The fraction of sp³-hybridized carbons (Fsp3) is 0.238. The van der Waals surface area contributed by atoms with Crippen LogP contribution in [0.15, 0.2) is 70.2 Å². The average Bonchev–Trinajstić information content (AvgIpc) is 3.37. The molecule has 3 aromatic rings. The van der Waals surface area contributed by atoms with Gasteiger partial charge in [-0.05, 0) is 48.5 Å². The second kappa shape index (κ2) is 6.53. The van der Waals surface area contributed by atoms with Crippen LogP contribution in [0, 0.1) is 5.82 Å². The van der Waals surface area contributed by atoms with Crippen LogP contribution in [-0.2, 0) is 0 Å². The van der Waals surface area contributed by atoms with Crippen molar-refractivity contribution in [2.45, 2.75) is 24.3 Å². The smallest absolute Gasteiger partial charge is 0.161 e. The van der Waals surface area contributed by atoms with Crippen LogP contribution in [0.3, 0.4) is 0 Å². The number of aromatic nitrogens is 1. The lowest BCUT2D eigenvalue weighted by atomic mass is 10.0. The van der Waals surface area contributed by atoms with Crippen LogP contribution in [0.2, 0.25) is 0 Å². The summed E-state index contributed by atoms with van der Waals surface area (Å²) in [5.41, 5.74) is 1.80. The summed E-state index contributed by atoms with van der Waals surface area (Å²) in [4.78, 5) is 11.8. The molecule has 1 saturated heterocycles. The number of nitrogens with zero attached hydrogens (tertiary/aromatic N) is 3. The SMILES string of the molecule is CC1CN2C(=NC(c3ccccn3)C2c2ccc(-c3ccc(F)cc3)o2)S1. The summed E-state index contributed by atoms with van der Waals surface area (Å²) in [6, 6.07) is 16.1. The molecule has 4 heterocycles. The molecule has 0 aliphatic carbocycles. The molecular weight excluding hydrogens is 361 g/mol. The van der Waals surface area contributed by atoms with Crippen LogP contribution in [0.1, 0.15) is 30.5 Å². The number of thioether (sulfide) groups is 1. The maximum atomic E-state index is 13.2. The summed E-state index contributed by atoms with van der Waals surface area (Å²) in [7, 11) is 0. The first kappa shape index (κ1) is 16.6. The summed E-state index contributed by atoms with van der Waals surface area (Å²) >= 11 is 1.80. The third kappa shape index (κ3) is 2.94. The summed E-state index contributed by atoms with van der Waals surface area (Å²) in [6.45, 7) is 3.15. The van der Waals surface area contributed by atoms with Gasteiger partial charge in [-0.2, -0.15) is 0 Å². The molecule has 3 atom stereocenters. The van der Waals surface area contributed by atoms with Gasteiger partial charge in [0, 0.05) is 23.6 Å². The summed E-state index contributed by atoms with van der Waals surface area (Å²) < 4.78 is 19.4. The fourth-order valence-corrected chi connectivity index (χ4v) is 4.80. The van der Waals surface area contributed by atoms with Crippen LogP contribution < -0.4 is 0 Å². The van der Waals surface area contributed by atoms with Gasteiger partial charge >= 0.3 is 0 Å². The maximum Gasteiger partial charge on any atom is 0.161 e. The molecule has 0 bridgehead atoms. The second-order valence-electron chi connectivity index (χ2n) is 6.85. The lowest BCUT2D eigenvalue weighted by Gasteiger charge is -2.25. The Hall–Kier alpha value is -2.60. The molecule has 0 saturated carbocycles. The van der Waals surface area contributed by atoms with E-state index < -0.39 is 0 Å². The third-order valence-corrected chi connectivity index (χ3v) is 6.03. The number of rotatable bonds is 3. The number of benzene rings is 1. The maximum absolute atomic E-state index is 13.2. The Bertz CT molecular complexity index is 986. The lowest BCUT2D eigenvalue weighted by molar-refractivity contribution is 0.277. The van der Waals surface area contributed by atoms with Gasteiger partial charge in [-0.25, -0.2) is 9.38 Å². The molecule has 1 aromatic carbocycles. The Labute approximate surface area is 161 Å². The highest BCUT2D eigenvalue weighted by Gasteiger charge is 2.45. The van der Waals surface area contributed by atoms with Crippen LogP contribution in [0.5, 0.6) is 0 Å². The van der Waals surface area contributed by atoms with E-state index in [0.717, 1.165) is 34.5 Å². The highest BCUT2D eigenvalue weighted by atomic mass is 32.2. The molecule has 1 fully saturated rings. The fourth-order valence-electron chi connectivity index (χ4n) is 3.71. The van der Waals surface area contributed by atoms with Crippen molar-refractivity contribution in [3.05, 3.63) is 78.1 Å². The highest BCUT2D eigenvalue weighted by molar-refractivity contribution is 8.14. The zero-order valence-electron chi connectivity index (χ0n) is 14.7. The van der Waals surface area contributed by atoms with E-state index in [1.807, 2.05) is 30.3 Å². The number of furan rings is 1. The third-order valence-electron chi connectivity index (χ3n) is 4.93. The molecular formula is C21H18FN3OS. The van der Waals surface area contributed by atoms with Crippen molar-refractivity contribution in [1.29, 1.82) is 0 Å². The average molecular weight is 379 g/mol. The largest absolute Gasteiger partial charge is 0.459 e. The van der Waals surface area contributed by atoms with Gasteiger partial charge in [-0.15, -0.1) is 0 Å². The monoisotopic (exact) mass is 379 g/mol. The van der Waals surface area contributed by atoms with Gasteiger partial charge in [0.05, 0.1) is 5.69 Å². The van der Waals surface area contributed by atoms with Crippen molar-refractivity contribution >= 4 is 16.9 Å². The van der Waals surface area contributed by atoms with Gasteiger partial charge < -0.3 is 9.32 Å². The molecule has 5 rings (SSSR count). The van der Waals surface area contributed by atoms with Crippen LogP contribution in [-0.4, -0.2) is 26.8 Å². The summed E-state index contributed by atoms with van der Waals surface area (Å²) in [5.74, 6) is 1.34. The van der Waals surface area contributed by atoms with Crippen molar-refractivity contribution in [3.8, 4) is 11.3 Å². The quantitative estimate of drug-likeness (QED) is 0.637. The minimum Gasteiger partial charge on any atom is -0.459 e. The van der Waals surface area contributed by atoms with Gasteiger partial charge in [0.25, 0.3) is 0 Å². The molecule has 4 nitrogen and oxygen atoms in total. The minimum absolute atomic E-state index is 0.0125. The number of hydrogen-bond acceptors (Lipinski definition) is 5. The van der Waals surface area contributed by atoms with E-state index in [1.165, 1.54) is 12.1 Å². The highest BCUT2D eigenvalue weighted by Crippen LogP contribution is 2.48. The molecule has 136 valence electrons. The first-order chi connectivity index (χ1) is 13.2. The Morgan fingerprint density at radius 2 is 1.96 bits per heavy atom. The molecule has 6 heteroatoms. The zero-order valence-corrected chi connectivity index (χ0v) is 15.6. The van der Waals surface area contributed by atoms with Crippen LogP contribution in [0.4, 0.5) is 4.39 Å². The van der Waals surface area contributed by atoms with Crippen LogP contribution >= 0.6 is 11.8 Å². The number of fused-ring (bicyclic) bond motifs is 1. The molecule has 27 heavy (non-hydrogen) atoms. The van der Waals surface area contributed by atoms with E-state index in [9.17, 15) is 4.39 Å². The van der Waals surface area contributed by atoms with E-state index >= 15 is 0 Å². The molecule has 2 aliphatic rings. The predicted octanol–water partition coefficient (Wildman–Crippen LogP) is 5.07. The minimum atomic E-state index is -0.252. The van der Waals surface area contributed by atoms with Gasteiger partial charge in [-0.3, -0.25) is 4.98 Å². The molecule has 2 aromatic heterocycles. The normalized spacial score (nSPS) is 24.1. The Kier molecular flexibility index (Phi) is 4.01. The van der Waals surface area contributed by atoms with Gasteiger partial charge in [-0.1, -0.05) is 24.8 Å². The van der Waals surface area contributed by atoms with E-state index in [0.29, 0.717) is 5.25 Å². The number of amidine groups is 1. The molecule has 2 aliphatic heterocycles. The molecule has 0 N–H and O–H groups in total. The predicted molar refractivity (Wildman–Crippen MR) is 105 cm³/mol. The molecule has 0 amide bonds. The number of pyridine rings is 1. The van der Waals surface area contributed by atoms with Gasteiger partial charge in [0.15, 0.2) is 5.17 Å². The number of hydrogen-bond donors (Lipinski definition) is 0. The standard InChI is InChI=1S/C21H18FN3OS/c1-13-12-25-20(19(24-21(25)27-13)16-4-2-3-11-23-16)18-10-9-17(26-18)14-5-7-15(22)8-6-14/h2-11,13,19-20H,12H2,1H3. The zero-order chi connectivity index (χ0) is 18.4. The Morgan fingerprint density at radius 3 is 2.74 bits per heavy atom. The van der Waals surface area contributed by atoms with Crippen LogP contribution in [0.25, 0.3) is 11.3 Å². The van der Waals surface area contributed by atoms with Crippen molar-refractivity contribution in [2.75, 3.05) is 6.54 Å². The number of halogens is 1. The van der Waals surface area contributed by atoms with Crippen molar-refractivity contribution in [2.24, 2.45) is 4.99 Å². The van der Waals surface area contributed by atoms with Gasteiger partial charge in [0.2, 0.25) is 0 Å². The first-order valence-electron chi connectivity index (χ1n) is 8.97. The second-order valence-corrected chi connectivity index (χ2v) is 8.25.